The molecule has 0 aliphatic carbocycles. The molecule has 1 heterocycles. The molecule has 0 radical (unpaired) electrons. The van der Waals surface area contributed by atoms with Crippen LogP contribution in [0.15, 0.2) is 54.7 Å². The third-order valence-corrected chi connectivity index (χ3v) is 4.94. The van der Waals surface area contributed by atoms with Gasteiger partial charge in [-0.2, -0.15) is 0 Å². The molecule has 0 aliphatic rings. The molecule has 150 valence electrons. The highest BCUT2D eigenvalue weighted by Crippen LogP contribution is 2.23. The lowest BCUT2D eigenvalue weighted by Gasteiger charge is -2.19. The van der Waals surface area contributed by atoms with Crippen molar-refractivity contribution in [2.75, 3.05) is 18.4 Å². The molecule has 3 aromatic rings. The van der Waals surface area contributed by atoms with Crippen LogP contribution in [0.25, 0.3) is 10.9 Å². The summed E-state index contributed by atoms with van der Waals surface area (Å²) in [5.41, 5.74) is 2.60. The number of hydrogen-bond acceptors (Lipinski definition) is 3. The quantitative estimate of drug-likeness (QED) is 0.494. The number of carbonyl (C=O) groups is 3. The molecule has 3 rings (SSSR count). The minimum atomic E-state index is -0.700. The first kappa shape index (κ1) is 20.3. The smallest absolute Gasteiger partial charge is 0.296 e. The van der Waals surface area contributed by atoms with E-state index in [0.717, 1.165) is 11.1 Å². The second kappa shape index (κ2) is 8.73. The maximum atomic E-state index is 12.9. The maximum Gasteiger partial charge on any atom is 0.296 e. The number of rotatable bonds is 7. The molecule has 0 spiro atoms. The number of amides is 2. The second-order valence-electron chi connectivity index (χ2n) is 6.91. The van der Waals surface area contributed by atoms with Crippen molar-refractivity contribution in [3.8, 4) is 0 Å². The fourth-order valence-corrected chi connectivity index (χ4v) is 3.41. The summed E-state index contributed by atoms with van der Waals surface area (Å²) >= 11 is 0. The SMILES string of the molecule is CCN(CC)C(=O)Cn1cc(C(=O)C(=O)Nc2cccc(C)c2)c2ccccc21. The van der Waals surface area contributed by atoms with E-state index in [0.29, 0.717) is 24.2 Å². The van der Waals surface area contributed by atoms with Crippen LogP contribution in [0.3, 0.4) is 0 Å². The zero-order chi connectivity index (χ0) is 21.0. The number of aromatic nitrogens is 1. The minimum Gasteiger partial charge on any atom is -0.342 e. The average Bonchev–Trinajstić information content (AvgIpc) is 3.07. The second-order valence-corrected chi connectivity index (χ2v) is 6.91. The van der Waals surface area contributed by atoms with E-state index in [2.05, 4.69) is 5.32 Å². The van der Waals surface area contributed by atoms with Gasteiger partial charge in [0.05, 0.1) is 5.56 Å². The van der Waals surface area contributed by atoms with Crippen molar-refractivity contribution in [2.24, 2.45) is 0 Å². The van der Waals surface area contributed by atoms with Gasteiger partial charge in [0, 0.05) is 35.9 Å². The van der Waals surface area contributed by atoms with Gasteiger partial charge in [-0.1, -0.05) is 30.3 Å². The fraction of sp³-hybridized carbons (Fsp3) is 0.261. The average molecular weight is 391 g/mol. The molecular formula is C23H25N3O3. The monoisotopic (exact) mass is 391 g/mol. The Morgan fingerprint density at radius 1 is 1.00 bits per heavy atom. The Kier molecular flexibility index (Phi) is 6.12. The molecule has 2 aromatic carbocycles. The number of benzene rings is 2. The third-order valence-electron chi connectivity index (χ3n) is 4.94. The number of Topliss-reactive ketones (excluding diaryl/α,β-unsaturated/α-hetero) is 1. The molecule has 0 saturated carbocycles. The van der Waals surface area contributed by atoms with Crippen molar-refractivity contribution in [1.82, 2.24) is 9.47 Å². The molecule has 2 amide bonds. The van der Waals surface area contributed by atoms with Crippen LogP contribution in [-0.2, 0) is 16.1 Å². The molecule has 0 saturated heterocycles. The van der Waals surface area contributed by atoms with Gasteiger partial charge in [0.25, 0.3) is 11.7 Å². The number of ketones is 1. The molecule has 0 aliphatic heterocycles. The van der Waals surface area contributed by atoms with Gasteiger partial charge in [0.2, 0.25) is 5.91 Å². The number of nitrogens with zero attached hydrogens (tertiary/aromatic N) is 2. The molecule has 29 heavy (non-hydrogen) atoms. The highest BCUT2D eigenvalue weighted by Gasteiger charge is 2.23. The number of carbonyl (C=O) groups excluding carboxylic acids is 3. The van der Waals surface area contributed by atoms with E-state index < -0.39 is 11.7 Å². The number of hydrogen-bond donors (Lipinski definition) is 1. The molecule has 1 aromatic heterocycles. The van der Waals surface area contributed by atoms with Crippen molar-refractivity contribution < 1.29 is 14.4 Å². The number of nitrogens with one attached hydrogen (secondary N) is 1. The molecule has 0 unspecified atom stereocenters. The van der Waals surface area contributed by atoms with E-state index in [1.807, 2.05) is 51.1 Å². The third kappa shape index (κ3) is 4.37. The lowest BCUT2D eigenvalue weighted by Crippen LogP contribution is -2.33. The zero-order valence-corrected chi connectivity index (χ0v) is 16.9. The van der Waals surface area contributed by atoms with Gasteiger partial charge in [-0.3, -0.25) is 14.4 Å². The summed E-state index contributed by atoms with van der Waals surface area (Å²) in [5.74, 6) is -1.36. The zero-order valence-electron chi connectivity index (χ0n) is 16.9. The molecule has 1 N–H and O–H groups in total. The predicted molar refractivity (Wildman–Crippen MR) is 114 cm³/mol. The van der Waals surface area contributed by atoms with Crippen LogP contribution >= 0.6 is 0 Å². The van der Waals surface area contributed by atoms with Gasteiger partial charge in [0.1, 0.15) is 6.54 Å². The van der Waals surface area contributed by atoms with Crippen LogP contribution in [0, 0.1) is 6.92 Å². The van der Waals surface area contributed by atoms with E-state index in [9.17, 15) is 14.4 Å². The van der Waals surface area contributed by atoms with Gasteiger partial charge in [0.15, 0.2) is 0 Å². The normalized spacial score (nSPS) is 10.7. The van der Waals surface area contributed by atoms with Crippen LogP contribution in [0.4, 0.5) is 5.69 Å². The van der Waals surface area contributed by atoms with Crippen molar-refractivity contribution in [1.29, 1.82) is 0 Å². The summed E-state index contributed by atoms with van der Waals surface area (Å²) in [6, 6.07) is 14.6. The van der Waals surface area contributed by atoms with E-state index >= 15 is 0 Å². The van der Waals surface area contributed by atoms with Crippen LogP contribution in [0.2, 0.25) is 0 Å². The Morgan fingerprint density at radius 2 is 1.72 bits per heavy atom. The highest BCUT2D eigenvalue weighted by atomic mass is 16.2. The van der Waals surface area contributed by atoms with E-state index in [1.54, 1.807) is 33.9 Å². The molecule has 0 bridgehead atoms. The first-order valence-corrected chi connectivity index (χ1v) is 9.72. The molecule has 6 nitrogen and oxygen atoms in total. The largest absolute Gasteiger partial charge is 0.342 e. The molecular weight excluding hydrogens is 366 g/mol. The van der Waals surface area contributed by atoms with Crippen LogP contribution in [0.1, 0.15) is 29.8 Å². The lowest BCUT2D eigenvalue weighted by atomic mass is 10.1. The van der Waals surface area contributed by atoms with Crippen LogP contribution in [0.5, 0.6) is 0 Å². The van der Waals surface area contributed by atoms with Gasteiger partial charge in [-0.05, 0) is 44.5 Å². The Bertz CT molecular complexity index is 1060. The number of likely N-dealkylation sites (N-methyl/N-ethyl adjacent to an activating group) is 1. The topological polar surface area (TPSA) is 71.4 Å². The fourth-order valence-electron chi connectivity index (χ4n) is 3.41. The van der Waals surface area contributed by atoms with Crippen molar-refractivity contribution in [3.63, 3.8) is 0 Å². The summed E-state index contributed by atoms with van der Waals surface area (Å²) in [6.45, 7) is 7.14. The van der Waals surface area contributed by atoms with Crippen molar-refractivity contribution >= 4 is 34.2 Å². The summed E-state index contributed by atoms with van der Waals surface area (Å²) in [7, 11) is 0. The summed E-state index contributed by atoms with van der Waals surface area (Å²) in [4.78, 5) is 39.7. The first-order valence-electron chi connectivity index (χ1n) is 9.72. The Labute approximate surface area is 170 Å². The van der Waals surface area contributed by atoms with Gasteiger partial charge < -0.3 is 14.8 Å². The lowest BCUT2D eigenvalue weighted by molar-refractivity contribution is -0.131. The number of fused-ring (bicyclic) bond motifs is 1. The standard InChI is InChI=1S/C23H25N3O3/c1-4-25(5-2)21(27)15-26-14-19(18-11-6-7-12-20(18)26)22(28)23(29)24-17-10-8-9-16(3)13-17/h6-14H,4-5,15H2,1-3H3,(H,24,29). The highest BCUT2D eigenvalue weighted by molar-refractivity contribution is 6.48. The van der Waals surface area contributed by atoms with Gasteiger partial charge in [-0.15, -0.1) is 0 Å². The number of para-hydroxylation sites is 1. The van der Waals surface area contributed by atoms with Gasteiger partial charge in [-0.25, -0.2) is 0 Å². The molecule has 0 atom stereocenters. The van der Waals surface area contributed by atoms with E-state index in [1.165, 1.54) is 0 Å². The Morgan fingerprint density at radius 3 is 2.41 bits per heavy atom. The Hall–Kier alpha value is -3.41. The summed E-state index contributed by atoms with van der Waals surface area (Å²) in [6.07, 6.45) is 1.60. The molecule has 6 heteroatoms. The van der Waals surface area contributed by atoms with E-state index in [-0.39, 0.29) is 18.0 Å². The van der Waals surface area contributed by atoms with Crippen molar-refractivity contribution in [3.05, 3.63) is 65.9 Å². The minimum absolute atomic E-state index is 0.0287. The summed E-state index contributed by atoms with van der Waals surface area (Å²) in [5, 5.41) is 3.32. The van der Waals surface area contributed by atoms with Crippen LogP contribution < -0.4 is 5.32 Å². The first-order chi connectivity index (χ1) is 13.9. The van der Waals surface area contributed by atoms with E-state index in [4.69, 9.17) is 0 Å². The van der Waals surface area contributed by atoms with Crippen molar-refractivity contribution in [2.45, 2.75) is 27.3 Å². The van der Waals surface area contributed by atoms with Crippen LogP contribution in [-0.4, -0.2) is 40.2 Å². The molecule has 0 fully saturated rings. The summed E-state index contributed by atoms with van der Waals surface area (Å²) < 4.78 is 1.74. The number of aryl methyl sites for hydroxylation is 1. The number of anilines is 1. The predicted octanol–water partition coefficient (Wildman–Crippen LogP) is 3.64. The Balaban J connectivity index is 1.90. The van der Waals surface area contributed by atoms with Gasteiger partial charge >= 0.3 is 0 Å². The maximum absolute atomic E-state index is 12.9.